The largest absolute Gasteiger partial charge is 0.491 e. The highest BCUT2D eigenvalue weighted by Crippen LogP contribution is 2.32. The molecule has 0 saturated carbocycles. The summed E-state index contributed by atoms with van der Waals surface area (Å²) in [4.78, 5) is 12.0. The Morgan fingerprint density at radius 3 is 2.81 bits per heavy atom. The van der Waals surface area contributed by atoms with Crippen LogP contribution in [0.5, 0.6) is 5.75 Å². The summed E-state index contributed by atoms with van der Waals surface area (Å²) in [5.74, 6) is 0.499. The lowest BCUT2D eigenvalue weighted by Crippen LogP contribution is -2.24. The smallest absolute Gasteiger partial charge is 0.255 e. The number of carbonyl (C=O) groups is 1. The first-order valence-corrected chi connectivity index (χ1v) is 7.34. The van der Waals surface area contributed by atoms with Gasteiger partial charge >= 0.3 is 0 Å². The lowest BCUT2D eigenvalue weighted by Gasteiger charge is -2.13. The Morgan fingerprint density at radius 1 is 1.19 bits per heavy atom. The highest BCUT2D eigenvalue weighted by molar-refractivity contribution is 6.22. The van der Waals surface area contributed by atoms with Gasteiger partial charge in [0.15, 0.2) is 0 Å². The van der Waals surface area contributed by atoms with Gasteiger partial charge in [-0.1, -0.05) is 35.9 Å². The Bertz CT molecular complexity index is 684. The molecule has 1 aliphatic heterocycles. The van der Waals surface area contributed by atoms with E-state index in [4.69, 9.17) is 16.3 Å². The van der Waals surface area contributed by atoms with Gasteiger partial charge in [-0.25, -0.2) is 0 Å². The molecule has 0 bridgehead atoms. The second-order valence-electron chi connectivity index (χ2n) is 5.14. The quantitative estimate of drug-likeness (QED) is 0.863. The Hall–Kier alpha value is -2.00. The number of amides is 1. The summed E-state index contributed by atoms with van der Waals surface area (Å²) in [6.07, 6.45) is 0. The van der Waals surface area contributed by atoms with Crippen LogP contribution >= 0.6 is 11.6 Å². The van der Waals surface area contributed by atoms with Crippen molar-refractivity contribution in [3.63, 3.8) is 0 Å². The van der Waals surface area contributed by atoms with E-state index in [9.17, 15) is 4.79 Å². The van der Waals surface area contributed by atoms with E-state index in [-0.39, 0.29) is 11.3 Å². The monoisotopic (exact) mass is 301 g/mol. The number of nitrogens with one attached hydrogen (secondary N) is 1. The highest BCUT2D eigenvalue weighted by Gasteiger charge is 2.19. The van der Waals surface area contributed by atoms with Crippen molar-refractivity contribution in [3.05, 3.63) is 64.7 Å². The second-order valence-corrected chi connectivity index (χ2v) is 5.57. The van der Waals surface area contributed by atoms with Gasteiger partial charge in [-0.05, 0) is 30.2 Å². The zero-order valence-electron chi connectivity index (χ0n) is 11.7. The third-order valence-electron chi connectivity index (χ3n) is 3.52. The van der Waals surface area contributed by atoms with Gasteiger partial charge in [-0.2, -0.15) is 0 Å². The van der Waals surface area contributed by atoms with Crippen LogP contribution in [-0.2, 0) is 0 Å². The number of ether oxygens (including phenoxy) is 1. The van der Waals surface area contributed by atoms with E-state index in [1.54, 1.807) is 0 Å². The minimum Gasteiger partial charge on any atom is -0.491 e. The summed E-state index contributed by atoms with van der Waals surface area (Å²) in [6.45, 7) is 3.04. The molecule has 2 aromatic rings. The van der Waals surface area contributed by atoms with Gasteiger partial charge in [0.25, 0.3) is 5.91 Å². The van der Waals surface area contributed by atoms with Crippen molar-refractivity contribution in [1.82, 2.24) is 5.32 Å². The van der Waals surface area contributed by atoms with Gasteiger partial charge in [0, 0.05) is 0 Å². The molecular weight excluding hydrogens is 286 g/mol. The Kier molecular flexibility index (Phi) is 3.84. The number of fused-ring (bicyclic) bond motifs is 1. The summed E-state index contributed by atoms with van der Waals surface area (Å²) in [5, 5.41) is 2.52. The predicted molar refractivity (Wildman–Crippen MR) is 83.1 cm³/mol. The molecule has 0 spiro atoms. The minimum absolute atomic E-state index is 0.113. The van der Waals surface area contributed by atoms with Gasteiger partial charge in [0.05, 0.1) is 17.5 Å². The van der Waals surface area contributed by atoms with Crippen LogP contribution in [0, 0.1) is 6.92 Å². The van der Waals surface area contributed by atoms with Crippen LogP contribution < -0.4 is 10.1 Å². The van der Waals surface area contributed by atoms with E-state index in [1.807, 2.05) is 43.3 Å². The summed E-state index contributed by atoms with van der Waals surface area (Å²) < 4.78 is 5.55. The van der Waals surface area contributed by atoms with Gasteiger partial charge < -0.3 is 10.1 Å². The fourth-order valence-corrected chi connectivity index (χ4v) is 2.72. The lowest BCUT2D eigenvalue weighted by atomic mass is 10.00. The fraction of sp³-hybridized carbons (Fsp3) is 0.235. The number of carbonyl (C=O) groups excluding carboxylic acids is 1. The summed E-state index contributed by atoms with van der Waals surface area (Å²) >= 11 is 6.56. The Labute approximate surface area is 128 Å². The van der Waals surface area contributed by atoms with Gasteiger partial charge in [-0.15, -0.1) is 11.6 Å². The molecule has 3 nitrogen and oxygen atoms in total. The molecule has 3 rings (SSSR count). The topological polar surface area (TPSA) is 38.3 Å². The Morgan fingerprint density at radius 2 is 2.00 bits per heavy atom. The molecule has 0 aliphatic carbocycles. The predicted octanol–water partition coefficient (Wildman–Crippen LogP) is 3.45. The third kappa shape index (κ3) is 2.88. The van der Waals surface area contributed by atoms with Crippen molar-refractivity contribution in [2.75, 3.05) is 13.2 Å². The molecule has 0 saturated heterocycles. The number of halogens is 1. The van der Waals surface area contributed by atoms with E-state index in [0.717, 1.165) is 16.7 Å². The molecule has 1 aliphatic rings. The number of benzene rings is 2. The standard InChI is InChI=1S/C17H16ClNO2/c1-11-3-2-4-12(9-11)16(18)13-5-6-15-14(10-13)17(20)19-7-8-21-15/h2-6,9-10,16H,7-8H2,1H3,(H,19,20). The summed E-state index contributed by atoms with van der Waals surface area (Å²) in [7, 11) is 0. The van der Waals surface area contributed by atoms with Crippen LogP contribution in [0.15, 0.2) is 42.5 Å². The number of hydrogen-bond donors (Lipinski definition) is 1. The van der Waals surface area contributed by atoms with Crippen LogP contribution in [0.3, 0.4) is 0 Å². The van der Waals surface area contributed by atoms with Crippen molar-refractivity contribution in [2.45, 2.75) is 12.3 Å². The summed E-state index contributed by atoms with van der Waals surface area (Å²) in [5.41, 5.74) is 3.62. The van der Waals surface area contributed by atoms with E-state index in [0.29, 0.717) is 24.5 Å². The van der Waals surface area contributed by atoms with Gasteiger partial charge in [-0.3, -0.25) is 4.79 Å². The molecule has 1 amide bonds. The van der Waals surface area contributed by atoms with Crippen molar-refractivity contribution in [2.24, 2.45) is 0 Å². The zero-order valence-corrected chi connectivity index (χ0v) is 12.5. The number of rotatable bonds is 2. The first-order valence-electron chi connectivity index (χ1n) is 6.91. The third-order valence-corrected chi connectivity index (χ3v) is 4.02. The van der Waals surface area contributed by atoms with Crippen molar-refractivity contribution in [1.29, 1.82) is 0 Å². The zero-order chi connectivity index (χ0) is 14.8. The maximum absolute atomic E-state index is 12.0. The maximum atomic E-state index is 12.0. The molecule has 2 aromatic carbocycles. The number of hydrogen-bond acceptors (Lipinski definition) is 2. The molecule has 1 N–H and O–H groups in total. The SMILES string of the molecule is Cc1cccc(C(Cl)c2ccc3c(c2)C(=O)NCCO3)c1. The molecule has 108 valence electrons. The fourth-order valence-electron chi connectivity index (χ4n) is 2.45. The average molecular weight is 302 g/mol. The van der Waals surface area contributed by atoms with Crippen molar-refractivity contribution < 1.29 is 9.53 Å². The van der Waals surface area contributed by atoms with Crippen molar-refractivity contribution in [3.8, 4) is 5.75 Å². The van der Waals surface area contributed by atoms with Crippen LogP contribution in [0.2, 0.25) is 0 Å². The molecule has 21 heavy (non-hydrogen) atoms. The van der Waals surface area contributed by atoms with Crippen LogP contribution in [-0.4, -0.2) is 19.1 Å². The average Bonchev–Trinajstić information content (AvgIpc) is 2.68. The van der Waals surface area contributed by atoms with Crippen LogP contribution in [0.1, 0.15) is 32.4 Å². The molecule has 0 aromatic heterocycles. The van der Waals surface area contributed by atoms with Crippen LogP contribution in [0.4, 0.5) is 0 Å². The van der Waals surface area contributed by atoms with Crippen molar-refractivity contribution >= 4 is 17.5 Å². The molecule has 4 heteroatoms. The molecule has 1 heterocycles. The normalized spacial score (nSPS) is 15.4. The lowest BCUT2D eigenvalue weighted by molar-refractivity contribution is 0.0957. The molecule has 1 atom stereocenters. The minimum atomic E-state index is -0.286. The Balaban J connectivity index is 1.98. The van der Waals surface area contributed by atoms with Gasteiger partial charge in [0.2, 0.25) is 0 Å². The maximum Gasteiger partial charge on any atom is 0.255 e. The molecule has 1 unspecified atom stereocenters. The molecule has 0 fully saturated rings. The van der Waals surface area contributed by atoms with E-state index in [2.05, 4.69) is 11.4 Å². The number of aryl methyl sites for hydroxylation is 1. The first kappa shape index (κ1) is 14.0. The first-order chi connectivity index (χ1) is 10.1. The molecule has 0 radical (unpaired) electrons. The van der Waals surface area contributed by atoms with E-state index >= 15 is 0 Å². The second kappa shape index (κ2) is 5.78. The van der Waals surface area contributed by atoms with Crippen LogP contribution in [0.25, 0.3) is 0 Å². The molecular formula is C17H16ClNO2. The number of alkyl halides is 1. The van der Waals surface area contributed by atoms with E-state index < -0.39 is 0 Å². The van der Waals surface area contributed by atoms with E-state index in [1.165, 1.54) is 0 Å². The highest BCUT2D eigenvalue weighted by atomic mass is 35.5. The summed E-state index contributed by atoms with van der Waals surface area (Å²) in [6, 6.07) is 13.6. The van der Waals surface area contributed by atoms with Gasteiger partial charge in [0.1, 0.15) is 12.4 Å².